The molecule has 10 heteroatoms. The Hall–Kier alpha value is -3.59. The third-order valence-corrected chi connectivity index (χ3v) is 6.70. The SMILES string of the molecule is O=C(CSc1nnc(COc2cccc3cccnc23)n1-c1ccccc1)Nc1cc(Cl)ccc1Cl. The zero-order valence-corrected chi connectivity index (χ0v) is 21.1. The monoisotopic (exact) mass is 535 g/mol. The van der Waals surface area contributed by atoms with Crippen LogP contribution in [0.2, 0.25) is 10.0 Å². The second-order valence-electron chi connectivity index (χ2n) is 7.65. The van der Waals surface area contributed by atoms with E-state index in [2.05, 4.69) is 20.5 Å². The maximum atomic E-state index is 12.6. The smallest absolute Gasteiger partial charge is 0.234 e. The van der Waals surface area contributed by atoms with Crippen LogP contribution >= 0.6 is 35.0 Å². The average molecular weight is 536 g/mol. The van der Waals surface area contributed by atoms with Crippen LogP contribution in [0.1, 0.15) is 5.82 Å². The maximum Gasteiger partial charge on any atom is 0.234 e. The van der Waals surface area contributed by atoms with E-state index in [4.69, 9.17) is 27.9 Å². The molecule has 0 fully saturated rings. The number of pyridine rings is 1. The molecule has 2 heterocycles. The molecule has 2 aromatic heterocycles. The fourth-order valence-corrected chi connectivity index (χ4v) is 4.68. The number of anilines is 1. The lowest BCUT2D eigenvalue weighted by molar-refractivity contribution is -0.113. The Kier molecular flexibility index (Phi) is 7.36. The Bertz CT molecular complexity index is 1520. The zero-order chi connectivity index (χ0) is 24.9. The van der Waals surface area contributed by atoms with Crippen LogP contribution in [0, 0.1) is 0 Å². The van der Waals surface area contributed by atoms with Crippen LogP contribution in [0.3, 0.4) is 0 Å². The Morgan fingerprint density at radius 1 is 0.972 bits per heavy atom. The van der Waals surface area contributed by atoms with Crippen molar-refractivity contribution in [2.75, 3.05) is 11.1 Å². The van der Waals surface area contributed by atoms with Crippen molar-refractivity contribution in [2.24, 2.45) is 0 Å². The number of thioether (sulfide) groups is 1. The molecule has 0 atom stereocenters. The summed E-state index contributed by atoms with van der Waals surface area (Å²) in [6.07, 6.45) is 1.73. The van der Waals surface area contributed by atoms with Crippen LogP contribution in [0.25, 0.3) is 16.6 Å². The van der Waals surface area contributed by atoms with Crippen LogP contribution in [0.15, 0.2) is 90.2 Å². The maximum absolute atomic E-state index is 12.6. The largest absolute Gasteiger partial charge is 0.483 e. The van der Waals surface area contributed by atoms with Crippen LogP contribution in [0.5, 0.6) is 5.75 Å². The van der Waals surface area contributed by atoms with Crippen LogP contribution < -0.4 is 10.1 Å². The highest BCUT2D eigenvalue weighted by Crippen LogP contribution is 2.28. The first kappa shape index (κ1) is 24.1. The molecule has 0 aliphatic rings. The van der Waals surface area contributed by atoms with Gasteiger partial charge >= 0.3 is 0 Å². The van der Waals surface area contributed by atoms with Crippen molar-refractivity contribution in [1.82, 2.24) is 19.7 Å². The van der Waals surface area contributed by atoms with Crippen molar-refractivity contribution in [2.45, 2.75) is 11.8 Å². The Morgan fingerprint density at radius 2 is 1.81 bits per heavy atom. The fraction of sp³-hybridized carbons (Fsp3) is 0.0769. The molecule has 3 aromatic carbocycles. The van der Waals surface area contributed by atoms with E-state index < -0.39 is 0 Å². The fourth-order valence-electron chi connectivity index (χ4n) is 3.57. The van der Waals surface area contributed by atoms with E-state index in [0.29, 0.717) is 32.5 Å². The van der Waals surface area contributed by atoms with E-state index in [1.807, 2.05) is 65.2 Å². The lowest BCUT2D eigenvalue weighted by Crippen LogP contribution is -2.15. The van der Waals surface area contributed by atoms with Gasteiger partial charge in [0, 0.05) is 22.3 Å². The van der Waals surface area contributed by atoms with Gasteiger partial charge in [-0.3, -0.25) is 14.3 Å². The van der Waals surface area contributed by atoms with Gasteiger partial charge < -0.3 is 10.1 Å². The van der Waals surface area contributed by atoms with Crippen LogP contribution in [-0.2, 0) is 11.4 Å². The average Bonchev–Trinajstić information content (AvgIpc) is 3.31. The van der Waals surface area contributed by atoms with E-state index in [9.17, 15) is 4.79 Å². The number of hydrogen-bond acceptors (Lipinski definition) is 6. The van der Waals surface area contributed by atoms with Crippen molar-refractivity contribution in [3.63, 3.8) is 0 Å². The molecule has 0 spiro atoms. The molecule has 1 amide bonds. The van der Waals surface area contributed by atoms with Gasteiger partial charge in [0.1, 0.15) is 17.9 Å². The molecular weight excluding hydrogens is 517 g/mol. The van der Waals surface area contributed by atoms with Crippen LogP contribution in [-0.4, -0.2) is 31.4 Å². The first-order valence-electron chi connectivity index (χ1n) is 10.9. The number of benzene rings is 3. The summed E-state index contributed by atoms with van der Waals surface area (Å²) in [6.45, 7) is 0.169. The number of amides is 1. The standard InChI is InChI=1S/C26H19Cl2N5O2S/c27-18-11-12-20(28)21(14-18)30-24(34)16-36-26-32-31-23(33(26)19-8-2-1-3-9-19)15-35-22-10-4-6-17-7-5-13-29-25(17)22/h1-14H,15-16H2,(H,30,34). The summed E-state index contributed by atoms with van der Waals surface area (Å²) in [5.74, 6) is 1.10. The second-order valence-corrected chi connectivity index (χ2v) is 9.44. The summed E-state index contributed by atoms with van der Waals surface area (Å²) in [5, 5.41) is 13.9. The highest BCUT2D eigenvalue weighted by molar-refractivity contribution is 7.99. The Balaban J connectivity index is 1.35. The number of halogens is 2. The molecule has 5 aromatic rings. The third-order valence-electron chi connectivity index (χ3n) is 5.20. The van der Waals surface area contributed by atoms with Gasteiger partial charge in [-0.15, -0.1) is 10.2 Å². The summed E-state index contributed by atoms with van der Waals surface area (Å²) in [4.78, 5) is 17.1. The molecular formula is C26H19Cl2N5O2S. The molecule has 36 heavy (non-hydrogen) atoms. The molecule has 7 nitrogen and oxygen atoms in total. The summed E-state index contributed by atoms with van der Waals surface area (Å²) in [7, 11) is 0. The quantitative estimate of drug-likeness (QED) is 0.230. The first-order chi connectivity index (χ1) is 17.6. The van der Waals surface area contributed by atoms with Gasteiger partial charge in [0.25, 0.3) is 0 Å². The van der Waals surface area contributed by atoms with Crippen LogP contribution in [0.4, 0.5) is 5.69 Å². The lowest BCUT2D eigenvalue weighted by atomic mass is 10.2. The molecule has 1 N–H and O–H groups in total. The first-order valence-corrected chi connectivity index (χ1v) is 12.7. The summed E-state index contributed by atoms with van der Waals surface area (Å²) < 4.78 is 7.99. The highest BCUT2D eigenvalue weighted by Gasteiger charge is 2.17. The minimum absolute atomic E-state index is 0.0991. The number of fused-ring (bicyclic) bond motifs is 1. The molecule has 0 saturated heterocycles. The number of carbonyl (C=O) groups excluding carboxylic acids is 1. The number of para-hydroxylation sites is 2. The number of hydrogen-bond donors (Lipinski definition) is 1. The van der Waals surface area contributed by atoms with Gasteiger partial charge in [-0.05, 0) is 42.5 Å². The summed E-state index contributed by atoms with van der Waals surface area (Å²) in [6, 6.07) is 24.2. The van der Waals surface area contributed by atoms with Gasteiger partial charge in [-0.25, -0.2) is 0 Å². The van der Waals surface area contributed by atoms with E-state index in [1.54, 1.807) is 24.4 Å². The molecule has 0 bridgehead atoms. The lowest BCUT2D eigenvalue weighted by Gasteiger charge is -2.12. The molecule has 0 aliphatic heterocycles. The number of ether oxygens (including phenoxy) is 1. The van der Waals surface area contributed by atoms with Gasteiger partial charge in [0.2, 0.25) is 5.91 Å². The number of carbonyl (C=O) groups is 1. The number of nitrogens with one attached hydrogen (secondary N) is 1. The van der Waals surface area contributed by atoms with Crippen molar-refractivity contribution in [3.8, 4) is 11.4 Å². The minimum atomic E-state index is -0.244. The molecule has 0 saturated carbocycles. The summed E-state index contributed by atoms with van der Waals surface area (Å²) in [5.41, 5.74) is 2.09. The van der Waals surface area contributed by atoms with Gasteiger partial charge in [-0.2, -0.15) is 0 Å². The molecule has 180 valence electrons. The zero-order valence-electron chi connectivity index (χ0n) is 18.8. The third kappa shape index (κ3) is 5.46. The van der Waals surface area contributed by atoms with Crippen molar-refractivity contribution >= 4 is 57.5 Å². The van der Waals surface area contributed by atoms with Gasteiger partial charge in [0.15, 0.2) is 11.0 Å². The predicted octanol–water partition coefficient (Wildman–Crippen LogP) is 6.43. The minimum Gasteiger partial charge on any atom is -0.483 e. The Morgan fingerprint density at radius 3 is 2.67 bits per heavy atom. The second kappa shape index (κ2) is 11.0. The molecule has 0 unspecified atom stereocenters. The van der Waals surface area contributed by atoms with Crippen molar-refractivity contribution < 1.29 is 9.53 Å². The predicted molar refractivity (Wildman–Crippen MR) is 143 cm³/mol. The molecule has 0 aliphatic carbocycles. The normalized spacial score (nSPS) is 10.9. The Labute approximate surface area is 221 Å². The van der Waals surface area contributed by atoms with Crippen molar-refractivity contribution in [1.29, 1.82) is 0 Å². The van der Waals surface area contributed by atoms with E-state index in [-0.39, 0.29) is 18.3 Å². The van der Waals surface area contributed by atoms with E-state index in [0.717, 1.165) is 16.6 Å². The van der Waals surface area contributed by atoms with Gasteiger partial charge in [0.05, 0.1) is 16.5 Å². The number of rotatable bonds is 8. The molecule has 0 radical (unpaired) electrons. The number of aromatic nitrogens is 4. The number of nitrogens with zero attached hydrogens (tertiary/aromatic N) is 4. The van der Waals surface area contributed by atoms with Gasteiger partial charge in [-0.1, -0.05) is 71.4 Å². The van der Waals surface area contributed by atoms with Crippen molar-refractivity contribution in [3.05, 3.63) is 101 Å². The summed E-state index contributed by atoms with van der Waals surface area (Å²) >= 11 is 13.4. The highest BCUT2D eigenvalue weighted by atomic mass is 35.5. The van der Waals surface area contributed by atoms with E-state index >= 15 is 0 Å². The van der Waals surface area contributed by atoms with E-state index in [1.165, 1.54) is 11.8 Å². The molecule has 5 rings (SSSR count). The topological polar surface area (TPSA) is 81.9 Å².